The van der Waals surface area contributed by atoms with Crippen molar-refractivity contribution in [3.05, 3.63) is 15.8 Å². The van der Waals surface area contributed by atoms with Crippen molar-refractivity contribution in [1.82, 2.24) is 10.0 Å². The van der Waals surface area contributed by atoms with E-state index in [1.807, 2.05) is 24.8 Å². The van der Waals surface area contributed by atoms with Crippen LogP contribution in [0.1, 0.15) is 35.4 Å². The molecule has 0 bridgehead atoms. The van der Waals surface area contributed by atoms with Crippen molar-refractivity contribution < 1.29 is 8.42 Å². The van der Waals surface area contributed by atoms with Crippen LogP contribution in [0.4, 0.5) is 0 Å². The molecule has 2 N–H and O–H groups in total. The number of rotatable bonds is 7. The van der Waals surface area contributed by atoms with Gasteiger partial charge in [-0.1, -0.05) is 0 Å². The molecule has 1 atom stereocenters. The van der Waals surface area contributed by atoms with Gasteiger partial charge in [-0.25, -0.2) is 13.1 Å². The number of hydrogen-bond acceptors (Lipinski definition) is 5. The van der Waals surface area contributed by atoms with Crippen molar-refractivity contribution >= 4 is 33.1 Å². The minimum absolute atomic E-state index is 0.440. The van der Waals surface area contributed by atoms with Crippen LogP contribution in [0, 0.1) is 6.92 Å². The summed E-state index contributed by atoms with van der Waals surface area (Å²) < 4.78 is 27.7. The maximum atomic E-state index is 12.4. The van der Waals surface area contributed by atoms with Gasteiger partial charge in [0.15, 0.2) is 0 Å². The Morgan fingerprint density at radius 2 is 2.14 bits per heavy atom. The number of sulfonamides is 1. The van der Waals surface area contributed by atoms with Crippen molar-refractivity contribution in [2.75, 3.05) is 12.3 Å². The van der Waals surface area contributed by atoms with Crippen LogP contribution >= 0.6 is 23.1 Å². The van der Waals surface area contributed by atoms with Gasteiger partial charge in [0.1, 0.15) is 0 Å². The second kappa shape index (κ2) is 6.58. The SMILES string of the molecule is Cc1sc(CNC2CC2)cc1S(=O)(=O)NCC1CCCS1. The van der Waals surface area contributed by atoms with Crippen LogP contribution in [-0.4, -0.2) is 32.0 Å². The Balaban J connectivity index is 1.62. The highest BCUT2D eigenvalue weighted by atomic mass is 32.2. The Labute approximate surface area is 135 Å². The number of aryl methyl sites for hydroxylation is 1. The summed E-state index contributed by atoms with van der Waals surface area (Å²) >= 11 is 3.45. The fourth-order valence-corrected chi connectivity index (χ4v) is 6.47. The molecule has 0 amide bonds. The summed E-state index contributed by atoms with van der Waals surface area (Å²) in [7, 11) is -3.36. The summed E-state index contributed by atoms with van der Waals surface area (Å²) in [5.41, 5.74) is 0. The second-order valence-electron chi connectivity index (χ2n) is 5.78. The molecule has 3 rings (SSSR count). The second-order valence-corrected chi connectivity index (χ2v) is 10.3. The van der Waals surface area contributed by atoms with E-state index in [0.29, 0.717) is 22.7 Å². The van der Waals surface area contributed by atoms with E-state index in [9.17, 15) is 8.42 Å². The summed E-state index contributed by atoms with van der Waals surface area (Å²) in [4.78, 5) is 2.45. The minimum atomic E-state index is -3.36. The first-order valence-electron chi connectivity index (χ1n) is 7.48. The van der Waals surface area contributed by atoms with Gasteiger partial charge in [-0.05, 0) is 44.4 Å². The maximum Gasteiger partial charge on any atom is 0.241 e. The Kier molecular flexibility index (Phi) is 4.95. The monoisotopic (exact) mass is 346 g/mol. The molecule has 0 spiro atoms. The predicted molar refractivity (Wildman–Crippen MR) is 89.6 cm³/mol. The molecule has 2 fully saturated rings. The van der Waals surface area contributed by atoms with Gasteiger partial charge in [-0.15, -0.1) is 11.3 Å². The Morgan fingerprint density at radius 1 is 1.33 bits per heavy atom. The summed E-state index contributed by atoms with van der Waals surface area (Å²) in [5.74, 6) is 1.15. The molecule has 1 saturated heterocycles. The standard InChI is InChI=1S/C14H22N2O2S3/c1-10-14(7-13(20-10)8-15-11-4-5-11)21(17,18)16-9-12-3-2-6-19-12/h7,11-12,15-16H,2-6,8-9H2,1H3. The molecule has 1 aromatic heterocycles. The summed E-state index contributed by atoms with van der Waals surface area (Å²) in [5, 5.41) is 3.87. The van der Waals surface area contributed by atoms with E-state index < -0.39 is 10.0 Å². The third kappa shape index (κ3) is 4.22. The van der Waals surface area contributed by atoms with Gasteiger partial charge in [0, 0.05) is 34.1 Å². The first kappa shape index (κ1) is 15.8. The average molecular weight is 347 g/mol. The molecule has 7 heteroatoms. The van der Waals surface area contributed by atoms with Gasteiger partial charge in [0.2, 0.25) is 10.0 Å². The fraction of sp³-hybridized carbons (Fsp3) is 0.714. The molecule has 4 nitrogen and oxygen atoms in total. The van der Waals surface area contributed by atoms with Crippen LogP contribution in [0.3, 0.4) is 0 Å². The van der Waals surface area contributed by atoms with Gasteiger partial charge >= 0.3 is 0 Å². The van der Waals surface area contributed by atoms with E-state index >= 15 is 0 Å². The van der Waals surface area contributed by atoms with E-state index in [4.69, 9.17) is 0 Å². The van der Waals surface area contributed by atoms with Crippen molar-refractivity contribution in [2.45, 2.75) is 55.3 Å². The zero-order chi connectivity index (χ0) is 14.9. The lowest BCUT2D eigenvalue weighted by Gasteiger charge is -2.10. The number of nitrogens with one attached hydrogen (secondary N) is 2. The molecule has 21 heavy (non-hydrogen) atoms. The Bertz CT molecular complexity index is 587. The molecule has 0 radical (unpaired) electrons. The van der Waals surface area contributed by atoms with Crippen molar-refractivity contribution in [3.8, 4) is 0 Å². The first-order chi connectivity index (χ1) is 10.0. The lowest BCUT2D eigenvalue weighted by molar-refractivity contribution is 0.579. The summed E-state index contributed by atoms with van der Waals surface area (Å²) in [6, 6.07) is 2.48. The smallest absolute Gasteiger partial charge is 0.241 e. The highest BCUT2D eigenvalue weighted by molar-refractivity contribution is 8.00. The highest BCUT2D eigenvalue weighted by Gasteiger charge is 2.24. The number of thiophene rings is 1. The van der Waals surface area contributed by atoms with Crippen LogP contribution in [0.15, 0.2) is 11.0 Å². The van der Waals surface area contributed by atoms with Gasteiger partial charge in [0.25, 0.3) is 0 Å². The minimum Gasteiger partial charge on any atom is -0.309 e. The molecule has 2 heterocycles. The van der Waals surface area contributed by atoms with Gasteiger partial charge in [0.05, 0.1) is 4.90 Å². The lowest BCUT2D eigenvalue weighted by Crippen LogP contribution is -2.30. The molecular weight excluding hydrogens is 324 g/mol. The average Bonchev–Trinajstić information content (AvgIpc) is 2.97. The third-order valence-electron chi connectivity index (χ3n) is 3.88. The van der Waals surface area contributed by atoms with Crippen LogP contribution in [0.25, 0.3) is 0 Å². The zero-order valence-electron chi connectivity index (χ0n) is 12.2. The molecule has 0 aromatic carbocycles. The molecule has 1 aliphatic heterocycles. The number of hydrogen-bond donors (Lipinski definition) is 2. The van der Waals surface area contributed by atoms with Crippen molar-refractivity contribution in [3.63, 3.8) is 0 Å². The zero-order valence-corrected chi connectivity index (χ0v) is 14.7. The number of thioether (sulfide) groups is 1. The topological polar surface area (TPSA) is 58.2 Å². The summed E-state index contributed by atoms with van der Waals surface area (Å²) in [6.07, 6.45) is 4.81. The first-order valence-corrected chi connectivity index (χ1v) is 10.8. The lowest BCUT2D eigenvalue weighted by atomic mass is 10.2. The maximum absolute atomic E-state index is 12.4. The largest absolute Gasteiger partial charge is 0.309 e. The van der Waals surface area contributed by atoms with Crippen molar-refractivity contribution in [2.24, 2.45) is 0 Å². The summed E-state index contributed by atoms with van der Waals surface area (Å²) in [6.45, 7) is 3.23. The van der Waals surface area contributed by atoms with Gasteiger partial charge in [-0.2, -0.15) is 11.8 Å². The van der Waals surface area contributed by atoms with Gasteiger partial charge in [-0.3, -0.25) is 0 Å². The van der Waals surface area contributed by atoms with Gasteiger partial charge < -0.3 is 5.32 Å². The molecular formula is C14H22N2O2S3. The van der Waals surface area contributed by atoms with E-state index in [1.54, 1.807) is 11.3 Å². The Morgan fingerprint density at radius 3 is 2.81 bits per heavy atom. The Hall–Kier alpha value is -0.0800. The molecule has 2 aliphatic rings. The van der Waals surface area contributed by atoms with Crippen LogP contribution in [0.5, 0.6) is 0 Å². The molecule has 1 aromatic rings. The van der Waals surface area contributed by atoms with E-state index in [2.05, 4.69) is 10.0 Å². The van der Waals surface area contributed by atoms with Crippen LogP contribution < -0.4 is 10.0 Å². The van der Waals surface area contributed by atoms with E-state index in [-0.39, 0.29) is 0 Å². The fourth-order valence-electron chi connectivity index (χ4n) is 2.50. The quantitative estimate of drug-likeness (QED) is 0.796. The van der Waals surface area contributed by atoms with Crippen LogP contribution in [-0.2, 0) is 16.6 Å². The van der Waals surface area contributed by atoms with E-state index in [0.717, 1.165) is 28.5 Å². The highest BCUT2D eigenvalue weighted by Crippen LogP contribution is 2.28. The van der Waals surface area contributed by atoms with Crippen molar-refractivity contribution in [1.29, 1.82) is 0 Å². The van der Waals surface area contributed by atoms with E-state index in [1.165, 1.54) is 19.3 Å². The predicted octanol–water partition coefficient (Wildman–Crippen LogP) is 2.48. The third-order valence-corrected chi connectivity index (χ3v) is 8.01. The normalized spacial score (nSPS) is 22.8. The molecule has 1 saturated carbocycles. The van der Waals surface area contributed by atoms with Crippen LogP contribution in [0.2, 0.25) is 0 Å². The molecule has 1 unspecified atom stereocenters. The molecule has 1 aliphatic carbocycles. The molecule has 118 valence electrons.